The number of ether oxygens (including phenoxy) is 2. The van der Waals surface area contributed by atoms with Crippen molar-refractivity contribution in [2.45, 2.75) is 51.0 Å². The molecule has 3 unspecified atom stereocenters. The molecule has 10 nitrogen and oxygen atoms in total. The predicted molar refractivity (Wildman–Crippen MR) is 130 cm³/mol. The fraction of sp³-hybridized carbons (Fsp3) is 0.577. The zero-order valence-corrected chi connectivity index (χ0v) is 20.7. The molecule has 0 saturated carbocycles. The summed E-state index contributed by atoms with van der Waals surface area (Å²) in [4.78, 5) is 33.9. The van der Waals surface area contributed by atoms with Crippen molar-refractivity contribution in [2.24, 2.45) is 5.92 Å². The molecule has 1 aromatic heterocycles. The third kappa shape index (κ3) is 5.99. The van der Waals surface area contributed by atoms with E-state index in [4.69, 9.17) is 13.9 Å². The Labute approximate surface area is 210 Å². The number of amides is 1. The van der Waals surface area contributed by atoms with Gasteiger partial charge in [-0.15, -0.1) is 0 Å². The first-order valence-electron chi connectivity index (χ1n) is 12.6. The minimum Gasteiger partial charge on any atom is -0.481 e. The Bertz CT molecular complexity index is 1000. The summed E-state index contributed by atoms with van der Waals surface area (Å²) in [5.74, 6) is -0.176. The van der Waals surface area contributed by atoms with Gasteiger partial charge in [-0.1, -0.05) is 19.4 Å². The van der Waals surface area contributed by atoms with Crippen LogP contribution in [-0.4, -0.2) is 82.5 Å². The van der Waals surface area contributed by atoms with Crippen molar-refractivity contribution in [2.75, 3.05) is 39.6 Å². The maximum Gasteiger partial charge on any atom is 0.308 e. The predicted octanol–water partition coefficient (Wildman–Crippen LogP) is 2.52. The normalized spacial score (nSPS) is 21.1. The number of hydrogen-bond donors (Lipinski definition) is 2. The molecule has 0 bridgehead atoms. The van der Waals surface area contributed by atoms with Crippen molar-refractivity contribution >= 4 is 11.9 Å². The number of likely N-dealkylation sites (tertiary alicyclic amines) is 1. The molecule has 4 rings (SSSR count). The van der Waals surface area contributed by atoms with Gasteiger partial charge >= 0.3 is 5.97 Å². The summed E-state index contributed by atoms with van der Waals surface area (Å²) in [6.45, 7) is 3.90. The first kappa shape index (κ1) is 26.0. The number of carboxylic acid groups (broad SMARTS) is 1. The average Bonchev–Trinajstić information content (AvgIpc) is 3.62. The second kappa shape index (κ2) is 12.2. The van der Waals surface area contributed by atoms with E-state index in [9.17, 15) is 19.8 Å². The lowest BCUT2D eigenvalue weighted by Gasteiger charge is -2.29. The van der Waals surface area contributed by atoms with Crippen LogP contribution in [0.4, 0.5) is 0 Å². The van der Waals surface area contributed by atoms with Gasteiger partial charge in [0.25, 0.3) is 0 Å². The summed E-state index contributed by atoms with van der Waals surface area (Å²) >= 11 is 0. The van der Waals surface area contributed by atoms with Crippen molar-refractivity contribution in [3.8, 4) is 11.5 Å². The van der Waals surface area contributed by atoms with Gasteiger partial charge in [0.05, 0.1) is 18.7 Å². The minimum atomic E-state index is -0.895. The fourth-order valence-electron chi connectivity index (χ4n) is 5.23. The van der Waals surface area contributed by atoms with Crippen LogP contribution in [0.2, 0.25) is 0 Å². The highest BCUT2D eigenvalue weighted by molar-refractivity contribution is 5.79. The molecule has 1 saturated heterocycles. The number of unbranched alkanes of at least 4 members (excludes halogenated alkanes) is 1. The number of rotatable bonds is 13. The number of benzene rings is 1. The summed E-state index contributed by atoms with van der Waals surface area (Å²) in [6, 6.07) is 5.18. The zero-order valence-electron chi connectivity index (χ0n) is 20.7. The molecule has 1 aromatic carbocycles. The molecular formula is C26H35N3O7. The molecule has 0 spiro atoms. The Morgan fingerprint density at radius 3 is 2.72 bits per heavy atom. The van der Waals surface area contributed by atoms with E-state index in [1.807, 2.05) is 23.1 Å². The number of carbonyl (C=O) groups excluding carboxylic acids is 1. The van der Waals surface area contributed by atoms with Gasteiger partial charge in [-0.05, 0) is 37.0 Å². The largest absolute Gasteiger partial charge is 0.481 e. The highest BCUT2D eigenvalue weighted by atomic mass is 16.7. The molecule has 2 aliphatic heterocycles. The molecule has 1 fully saturated rings. The van der Waals surface area contributed by atoms with Crippen LogP contribution in [0.1, 0.15) is 50.0 Å². The number of oxazole rings is 1. The van der Waals surface area contributed by atoms with Crippen LogP contribution in [0.3, 0.4) is 0 Å². The first-order valence-corrected chi connectivity index (χ1v) is 12.6. The lowest BCUT2D eigenvalue weighted by molar-refractivity contribution is -0.144. The molecule has 36 heavy (non-hydrogen) atoms. The summed E-state index contributed by atoms with van der Waals surface area (Å²) in [5, 5.41) is 19.6. The van der Waals surface area contributed by atoms with Crippen molar-refractivity contribution in [1.82, 2.24) is 14.8 Å². The van der Waals surface area contributed by atoms with Crippen molar-refractivity contribution in [3.05, 3.63) is 42.1 Å². The zero-order chi connectivity index (χ0) is 25.5. The first-order chi connectivity index (χ1) is 17.5. The fourth-order valence-corrected chi connectivity index (χ4v) is 5.23. The number of aromatic nitrogens is 1. The standard InChI is InChI=1S/C26H35N3O7/c1-2-3-10-28(11-4-12-30)24(31)16-29-15-19(18-5-7-21-22(14-18)36-17-35-21)25(26(32)33)20(29)6-8-23-27-9-13-34-23/h5,7,9,13-14,19-20,25,30H,2-4,6,8,10-12,15-17H2,1H3,(H,32,33). The quantitative estimate of drug-likeness (QED) is 0.426. The van der Waals surface area contributed by atoms with E-state index < -0.39 is 11.9 Å². The van der Waals surface area contributed by atoms with E-state index in [0.29, 0.717) is 56.3 Å². The van der Waals surface area contributed by atoms with Crippen molar-refractivity contribution < 1.29 is 33.7 Å². The molecule has 1 amide bonds. The molecule has 0 radical (unpaired) electrons. The third-order valence-corrected chi connectivity index (χ3v) is 7.05. The Hall–Kier alpha value is -3.11. The van der Waals surface area contributed by atoms with Crippen LogP contribution in [0.15, 0.2) is 35.1 Å². The third-order valence-electron chi connectivity index (χ3n) is 7.05. The summed E-state index contributed by atoms with van der Waals surface area (Å²) in [5.41, 5.74) is 0.853. The number of aryl methyl sites for hydroxylation is 1. The molecule has 2 N–H and O–H groups in total. The topological polar surface area (TPSA) is 126 Å². The Morgan fingerprint density at radius 2 is 2.00 bits per heavy atom. The summed E-state index contributed by atoms with van der Waals surface area (Å²) < 4.78 is 16.3. The van der Waals surface area contributed by atoms with E-state index in [-0.39, 0.29) is 37.8 Å². The average molecular weight is 502 g/mol. The summed E-state index contributed by atoms with van der Waals surface area (Å²) in [7, 11) is 0. The number of aliphatic hydroxyl groups excluding tert-OH is 1. The number of fused-ring (bicyclic) bond motifs is 1. The van der Waals surface area contributed by atoms with Crippen LogP contribution < -0.4 is 9.47 Å². The summed E-state index contributed by atoms with van der Waals surface area (Å²) in [6.07, 6.45) is 6.40. The number of carboxylic acids is 1. The Morgan fingerprint density at radius 1 is 1.19 bits per heavy atom. The van der Waals surface area contributed by atoms with Gasteiger partial charge in [-0.3, -0.25) is 14.5 Å². The van der Waals surface area contributed by atoms with E-state index in [0.717, 1.165) is 18.4 Å². The minimum absolute atomic E-state index is 0.0195. The Balaban J connectivity index is 1.58. The molecule has 196 valence electrons. The highest BCUT2D eigenvalue weighted by Gasteiger charge is 2.47. The molecule has 2 aromatic rings. The smallest absolute Gasteiger partial charge is 0.308 e. The van der Waals surface area contributed by atoms with Gasteiger partial charge in [0.2, 0.25) is 12.7 Å². The van der Waals surface area contributed by atoms with Crippen LogP contribution >= 0.6 is 0 Å². The highest BCUT2D eigenvalue weighted by Crippen LogP contribution is 2.43. The molecule has 10 heteroatoms. The van der Waals surface area contributed by atoms with Crippen molar-refractivity contribution in [3.63, 3.8) is 0 Å². The van der Waals surface area contributed by atoms with Crippen LogP contribution in [0.25, 0.3) is 0 Å². The molecule has 3 heterocycles. The van der Waals surface area contributed by atoms with E-state index >= 15 is 0 Å². The molecule has 0 aliphatic carbocycles. The van der Waals surface area contributed by atoms with Gasteiger partial charge in [0.1, 0.15) is 6.26 Å². The second-order valence-corrected chi connectivity index (χ2v) is 9.36. The number of aliphatic hydroxyl groups is 1. The number of carbonyl (C=O) groups is 2. The van der Waals surface area contributed by atoms with E-state index in [1.165, 1.54) is 6.26 Å². The number of nitrogens with zero attached hydrogens (tertiary/aromatic N) is 3. The number of aliphatic carboxylic acids is 1. The Kier molecular flexibility index (Phi) is 8.82. The number of hydrogen-bond acceptors (Lipinski definition) is 8. The van der Waals surface area contributed by atoms with Gasteiger partial charge in [-0.2, -0.15) is 0 Å². The van der Waals surface area contributed by atoms with Gasteiger partial charge < -0.3 is 29.0 Å². The van der Waals surface area contributed by atoms with Gasteiger partial charge in [0, 0.05) is 44.6 Å². The maximum absolute atomic E-state index is 13.4. The van der Waals surface area contributed by atoms with Crippen LogP contribution in [0.5, 0.6) is 11.5 Å². The van der Waals surface area contributed by atoms with E-state index in [1.54, 1.807) is 11.1 Å². The van der Waals surface area contributed by atoms with Gasteiger partial charge in [-0.25, -0.2) is 4.98 Å². The SMILES string of the molecule is CCCCN(CCCO)C(=O)CN1CC(c2ccc3c(c2)OCO3)C(C(=O)O)C1CCc1ncco1. The van der Waals surface area contributed by atoms with Crippen LogP contribution in [-0.2, 0) is 16.0 Å². The van der Waals surface area contributed by atoms with Crippen LogP contribution in [0, 0.1) is 5.92 Å². The second-order valence-electron chi connectivity index (χ2n) is 9.36. The maximum atomic E-state index is 13.4. The molecular weight excluding hydrogens is 466 g/mol. The van der Waals surface area contributed by atoms with Gasteiger partial charge in [0.15, 0.2) is 17.4 Å². The van der Waals surface area contributed by atoms with E-state index in [2.05, 4.69) is 11.9 Å². The molecule has 3 atom stereocenters. The van der Waals surface area contributed by atoms with Crippen molar-refractivity contribution in [1.29, 1.82) is 0 Å². The lowest BCUT2D eigenvalue weighted by Crippen LogP contribution is -2.45. The monoisotopic (exact) mass is 501 g/mol. The lowest BCUT2D eigenvalue weighted by atomic mass is 9.83. The molecule has 2 aliphatic rings.